The molecule has 1 N–H and O–H groups in total. The van der Waals surface area contributed by atoms with Crippen LogP contribution in [0.15, 0.2) is 82.0 Å². The third-order valence-electron chi connectivity index (χ3n) is 6.87. The molecule has 9 heteroatoms. The molecule has 2 aromatic rings. The summed E-state index contributed by atoms with van der Waals surface area (Å²) in [6, 6.07) is 16.7. The van der Waals surface area contributed by atoms with Gasteiger partial charge in [-0.3, -0.25) is 9.59 Å². The first-order valence-electron chi connectivity index (χ1n) is 12.4. The van der Waals surface area contributed by atoms with Crippen molar-refractivity contribution < 1.29 is 14.3 Å². The highest BCUT2D eigenvalue weighted by Gasteiger charge is 2.41. The van der Waals surface area contributed by atoms with Crippen LogP contribution in [0.4, 0.5) is 5.69 Å². The number of amides is 2. The van der Waals surface area contributed by atoms with Gasteiger partial charge >= 0.3 is 0 Å². The van der Waals surface area contributed by atoms with Crippen LogP contribution in [0.2, 0.25) is 0 Å². The van der Waals surface area contributed by atoms with E-state index in [2.05, 4.69) is 17.3 Å². The highest BCUT2D eigenvalue weighted by molar-refractivity contribution is 8.16. The van der Waals surface area contributed by atoms with Crippen LogP contribution in [-0.4, -0.2) is 72.0 Å². The topological polar surface area (TPSA) is 77.5 Å². The van der Waals surface area contributed by atoms with Crippen molar-refractivity contribution in [2.24, 2.45) is 4.99 Å². The Balaban J connectivity index is 1.49. The molecular weight excluding hydrogens is 486 g/mol. The van der Waals surface area contributed by atoms with Crippen molar-refractivity contribution in [1.29, 1.82) is 0 Å². The van der Waals surface area contributed by atoms with Gasteiger partial charge in [0.1, 0.15) is 5.75 Å². The van der Waals surface area contributed by atoms with Crippen molar-refractivity contribution in [3.63, 3.8) is 0 Å². The van der Waals surface area contributed by atoms with Gasteiger partial charge in [0, 0.05) is 37.6 Å². The minimum absolute atomic E-state index is 0.0900. The predicted octanol–water partition coefficient (Wildman–Crippen LogP) is 4.07. The van der Waals surface area contributed by atoms with E-state index in [-0.39, 0.29) is 18.2 Å². The number of carbonyl (C=O) groups is 2. The summed E-state index contributed by atoms with van der Waals surface area (Å²) in [5.74, 6) is 0.570. The number of thioether (sulfide) groups is 1. The zero-order valence-corrected chi connectivity index (χ0v) is 22.1. The minimum atomic E-state index is -0.451. The number of nitrogens with zero attached hydrogens (tertiary/aromatic N) is 4. The predicted molar refractivity (Wildman–Crippen MR) is 147 cm³/mol. The van der Waals surface area contributed by atoms with E-state index < -0.39 is 6.04 Å². The highest BCUT2D eigenvalue weighted by Crippen LogP contribution is 2.45. The fraction of sp³-hybridized carbons (Fsp3) is 0.321. The lowest BCUT2D eigenvalue weighted by molar-refractivity contribution is -0.132. The fourth-order valence-electron chi connectivity index (χ4n) is 4.83. The number of allylic oxidation sites excluding steroid dienone is 1. The van der Waals surface area contributed by atoms with E-state index in [1.807, 2.05) is 76.7 Å². The third kappa shape index (κ3) is 5.28. The van der Waals surface area contributed by atoms with Crippen LogP contribution in [0.25, 0.3) is 0 Å². The second kappa shape index (κ2) is 10.8. The summed E-state index contributed by atoms with van der Waals surface area (Å²) in [5.41, 5.74) is 3.65. The van der Waals surface area contributed by atoms with Crippen molar-refractivity contribution in [3.05, 3.63) is 82.5 Å². The van der Waals surface area contributed by atoms with Crippen molar-refractivity contribution >= 4 is 34.4 Å². The Morgan fingerprint density at radius 3 is 2.57 bits per heavy atom. The quantitative estimate of drug-likeness (QED) is 0.623. The van der Waals surface area contributed by atoms with Gasteiger partial charge < -0.3 is 24.8 Å². The summed E-state index contributed by atoms with van der Waals surface area (Å²) >= 11 is 1.49. The fourth-order valence-corrected chi connectivity index (χ4v) is 5.79. The van der Waals surface area contributed by atoms with E-state index in [1.54, 1.807) is 7.11 Å². The number of amidine groups is 1. The average Bonchev–Trinajstić information content (AvgIpc) is 3.30. The smallest absolute Gasteiger partial charge is 0.255 e. The molecule has 0 saturated carbocycles. The Morgan fingerprint density at radius 1 is 1.08 bits per heavy atom. The number of aliphatic imine (C=N–C) groups is 1. The molecule has 1 unspecified atom stereocenters. The first-order chi connectivity index (χ1) is 17.9. The summed E-state index contributed by atoms with van der Waals surface area (Å²) < 4.78 is 5.50. The van der Waals surface area contributed by atoms with Gasteiger partial charge in [-0.25, -0.2) is 4.99 Å². The van der Waals surface area contributed by atoms with Crippen molar-refractivity contribution in [3.8, 4) is 5.75 Å². The van der Waals surface area contributed by atoms with Crippen LogP contribution in [0.5, 0.6) is 5.75 Å². The Labute approximate surface area is 221 Å². The molecule has 0 bridgehead atoms. The van der Waals surface area contributed by atoms with Crippen LogP contribution < -0.4 is 10.1 Å². The zero-order valence-electron chi connectivity index (χ0n) is 21.3. The summed E-state index contributed by atoms with van der Waals surface area (Å²) in [7, 11) is 3.70. The number of piperazine rings is 1. The molecule has 0 aromatic heterocycles. The van der Waals surface area contributed by atoms with Crippen LogP contribution >= 0.6 is 11.8 Å². The van der Waals surface area contributed by atoms with Crippen molar-refractivity contribution in [1.82, 2.24) is 14.7 Å². The van der Waals surface area contributed by atoms with E-state index in [4.69, 9.17) is 9.73 Å². The summed E-state index contributed by atoms with van der Waals surface area (Å²) in [6.45, 7) is 5.05. The van der Waals surface area contributed by atoms with Gasteiger partial charge in [-0.2, -0.15) is 0 Å². The molecule has 5 rings (SSSR count). The van der Waals surface area contributed by atoms with Crippen LogP contribution in [0, 0.1) is 0 Å². The van der Waals surface area contributed by atoms with Gasteiger partial charge in [-0.15, -0.1) is 0 Å². The monoisotopic (exact) mass is 517 g/mol. The molecular formula is C28H31N5O3S. The molecule has 0 aliphatic carbocycles. The number of methoxy groups -OCH3 is 1. The largest absolute Gasteiger partial charge is 0.497 e. The second-order valence-electron chi connectivity index (χ2n) is 9.35. The van der Waals surface area contributed by atoms with E-state index in [0.29, 0.717) is 22.7 Å². The average molecular weight is 518 g/mol. The Kier molecular flexibility index (Phi) is 7.34. The zero-order chi connectivity index (χ0) is 25.9. The molecule has 37 heavy (non-hydrogen) atoms. The molecule has 8 nitrogen and oxygen atoms in total. The van der Waals surface area contributed by atoms with E-state index in [1.165, 1.54) is 11.8 Å². The maximum Gasteiger partial charge on any atom is 0.255 e. The first-order valence-corrected chi connectivity index (χ1v) is 13.2. The number of benzene rings is 2. The number of nitrogens with one attached hydrogen (secondary N) is 1. The molecule has 3 heterocycles. The standard InChI is InChI=1S/C28H31N5O3S/c1-19-25(27(35)30-21-9-5-4-6-10-21)26(20-8-7-11-23(16-20)36-3)33-22(18-37-28(33)29-19)17-24(34)32-14-12-31(2)13-15-32/h4-11,16,18,26H,12-15,17H2,1-3H3,(H,30,35). The van der Waals surface area contributed by atoms with Gasteiger partial charge in [0.15, 0.2) is 5.17 Å². The second-order valence-corrected chi connectivity index (χ2v) is 10.2. The number of para-hydroxylation sites is 1. The maximum absolute atomic E-state index is 13.7. The van der Waals surface area contributed by atoms with Crippen molar-refractivity contribution in [2.45, 2.75) is 19.4 Å². The highest BCUT2D eigenvalue weighted by atomic mass is 32.2. The number of fused-ring (bicyclic) bond motifs is 1. The summed E-state index contributed by atoms with van der Waals surface area (Å²) in [5, 5.41) is 5.79. The summed E-state index contributed by atoms with van der Waals surface area (Å²) in [4.78, 5) is 38.0. The Bertz CT molecular complexity index is 1280. The number of anilines is 1. The molecule has 0 spiro atoms. The SMILES string of the molecule is COc1cccc(C2C(C(=O)Nc3ccccc3)=C(C)N=C3SC=C(CC(=O)N4CCN(C)CC4)N32)c1. The van der Waals surface area contributed by atoms with Crippen molar-refractivity contribution in [2.75, 3.05) is 45.7 Å². The van der Waals surface area contributed by atoms with Crippen LogP contribution in [0.1, 0.15) is 24.9 Å². The Morgan fingerprint density at radius 2 is 1.84 bits per heavy atom. The van der Waals surface area contributed by atoms with Gasteiger partial charge in [0.25, 0.3) is 5.91 Å². The number of ether oxygens (including phenoxy) is 1. The van der Waals surface area contributed by atoms with Crippen LogP contribution in [0.3, 0.4) is 0 Å². The van der Waals surface area contributed by atoms with Gasteiger partial charge in [-0.1, -0.05) is 42.1 Å². The summed E-state index contributed by atoms with van der Waals surface area (Å²) in [6.07, 6.45) is 0.253. The molecule has 3 aliphatic heterocycles. The molecule has 2 amide bonds. The number of hydrogen-bond acceptors (Lipinski definition) is 7. The van der Waals surface area contributed by atoms with E-state index >= 15 is 0 Å². The molecule has 2 aromatic carbocycles. The number of hydrogen-bond donors (Lipinski definition) is 1. The number of rotatable bonds is 6. The van der Waals surface area contributed by atoms with E-state index in [0.717, 1.165) is 42.6 Å². The van der Waals surface area contributed by atoms with Gasteiger partial charge in [0.05, 0.1) is 30.8 Å². The minimum Gasteiger partial charge on any atom is -0.497 e. The normalized spacial score (nSPS) is 19.8. The molecule has 192 valence electrons. The van der Waals surface area contributed by atoms with Crippen LogP contribution in [-0.2, 0) is 9.59 Å². The lowest BCUT2D eigenvalue weighted by atomic mass is 9.93. The maximum atomic E-state index is 13.7. The Hall–Kier alpha value is -3.56. The van der Waals surface area contributed by atoms with Gasteiger partial charge in [0.2, 0.25) is 5.91 Å². The first kappa shape index (κ1) is 25.1. The van der Waals surface area contributed by atoms with Gasteiger partial charge in [-0.05, 0) is 49.2 Å². The van der Waals surface area contributed by atoms with E-state index in [9.17, 15) is 9.59 Å². The lowest BCUT2D eigenvalue weighted by Gasteiger charge is -2.37. The number of carbonyl (C=O) groups excluding carboxylic acids is 2. The molecule has 1 fully saturated rings. The molecule has 0 radical (unpaired) electrons. The molecule has 1 atom stereocenters. The molecule has 1 saturated heterocycles. The number of likely N-dealkylation sites (N-methyl/N-ethyl adjacent to an activating group) is 1. The molecule has 3 aliphatic rings. The third-order valence-corrected chi connectivity index (χ3v) is 7.76. The lowest BCUT2D eigenvalue weighted by Crippen LogP contribution is -2.47.